The van der Waals surface area contributed by atoms with Gasteiger partial charge in [0.25, 0.3) is 0 Å². The first kappa shape index (κ1) is 12.1. The van der Waals surface area contributed by atoms with Crippen LogP contribution in [-0.4, -0.2) is 12.5 Å². The van der Waals surface area contributed by atoms with E-state index in [-0.39, 0.29) is 5.91 Å². The lowest BCUT2D eigenvalue weighted by Gasteiger charge is -2.08. The molecule has 1 N–H and O–H groups in total. The molecule has 88 valence electrons. The fourth-order valence-corrected chi connectivity index (χ4v) is 1.92. The Bertz CT molecular complexity index is 457. The summed E-state index contributed by atoms with van der Waals surface area (Å²) in [6, 6.07) is 10.1. The first-order valence-electron chi connectivity index (χ1n) is 5.60. The Morgan fingerprint density at radius 3 is 2.59 bits per heavy atom. The number of hydrogen-bond acceptors (Lipinski definition) is 2. The summed E-state index contributed by atoms with van der Waals surface area (Å²) in [7, 11) is 0. The van der Waals surface area contributed by atoms with Crippen LogP contribution in [0.15, 0.2) is 28.7 Å². The third-order valence-electron chi connectivity index (χ3n) is 3.01. The van der Waals surface area contributed by atoms with Gasteiger partial charge in [-0.2, -0.15) is 5.26 Å². The third-order valence-corrected chi connectivity index (χ3v) is 3.54. The van der Waals surface area contributed by atoms with E-state index in [9.17, 15) is 4.79 Å². The Kier molecular flexibility index (Phi) is 3.49. The molecule has 0 saturated heterocycles. The van der Waals surface area contributed by atoms with Gasteiger partial charge in [-0.05, 0) is 37.0 Å². The van der Waals surface area contributed by atoms with E-state index in [2.05, 4.69) is 27.3 Å². The van der Waals surface area contributed by atoms with E-state index in [0.29, 0.717) is 19.4 Å². The molecule has 0 aromatic heterocycles. The summed E-state index contributed by atoms with van der Waals surface area (Å²) < 4.78 is 1.05. The number of amides is 1. The van der Waals surface area contributed by atoms with Gasteiger partial charge in [-0.3, -0.25) is 4.79 Å². The highest BCUT2D eigenvalue weighted by atomic mass is 79.9. The van der Waals surface area contributed by atoms with Gasteiger partial charge in [0.1, 0.15) is 5.41 Å². The van der Waals surface area contributed by atoms with Crippen LogP contribution >= 0.6 is 15.9 Å². The number of carbonyl (C=O) groups is 1. The highest BCUT2D eigenvalue weighted by Crippen LogP contribution is 2.44. The van der Waals surface area contributed by atoms with Crippen LogP contribution in [0.4, 0.5) is 0 Å². The summed E-state index contributed by atoms with van der Waals surface area (Å²) in [4.78, 5) is 11.7. The molecule has 1 amide bonds. The first-order chi connectivity index (χ1) is 8.16. The molecule has 0 heterocycles. The summed E-state index contributed by atoms with van der Waals surface area (Å²) in [6.07, 6.45) is 2.20. The Morgan fingerprint density at radius 1 is 1.41 bits per heavy atom. The van der Waals surface area contributed by atoms with Gasteiger partial charge in [-0.15, -0.1) is 0 Å². The standard InChI is InChI=1S/C13H13BrN2O/c14-11-3-1-10(2-4-11)5-8-16-12(17)13(9-15)6-7-13/h1-4H,5-8H2,(H,16,17). The number of hydrogen-bond donors (Lipinski definition) is 1. The number of nitriles is 1. The molecule has 1 saturated carbocycles. The van der Waals surface area contributed by atoms with Crippen molar-refractivity contribution in [2.45, 2.75) is 19.3 Å². The molecule has 1 aliphatic rings. The van der Waals surface area contributed by atoms with E-state index < -0.39 is 5.41 Å². The average Bonchev–Trinajstić information content (AvgIpc) is 3.12. The number of nitrogens with zero attached hydrogens (tertiary/aromatic N) is 1. The zero-order chi connectivity index (χ0) is 12.3. The number of benzene rings is 1. The minimum atomic E-state index is -0.709. The van der Waals surface area contributed by atoms with E-state index in [1.807, 2.05) is 24.3 Å². The quantitative estimate of drug-likeness (QED) is 0.927. The fourth-order valence-electron chi connectivity index (χ4n) is 1.66. The Morgan fingerprint density at radius 2 is 2.06 bits per heavy atom. The molecule has 1 fully saturated rings. The highest BCUT2D eigenvalue weighted by molar-refractivity contribution is 9.10. The van der Waals surface area contributed by atoms with Crippen molar-refractivity contribution in [3.05, 3.63) is 34.3 Å². The Hall–Kier alpha value is -1.34. The zero-order valence-corrected chi connectivity index (χ0v) is 11.0. The molecular formula is C13H13BrN2O. The van der Waals surface area contributed by atoms with Crippen LogP contribution in [0.3, 0.4) is 0 Å². The molecule has 0 radical (unpaired) electrons. The zero-order valence-electron chi connectivity index (χ0n) is 9.37. The van der Waals surface area contributed by atoms with Crippen molar-refractivity contribution in [1.82, 2.24) is 5.32 Å². The Labute approximate surface area is 109 Å². The normalized spacial score (nSPS) is 16.0. The van der Waals surface area contributed by atoms with E-state index in [0.717, 1.165) is 10.9 Å². The van der Waals surface area contributed by atoms with Gasteiger partial charge in [0, 0.05) is 11.0 Å². The number of carbonyl (C=O) groups excluding carboxylic acids is 1. The summed E-state index contributed by atoms with van der Waals surface area (Å²) in [5, 5.41) is 11.7. The van der Waals surface area contributed by atoms with Crippen LogP contribution in [0.5, 0.6) is 0 Å². The average molecular weight is 293 g/mol. The van der Waals surface area contributed by atoms with Crippen LogP contribution in [0.2, 0.25) is 0 Å². The minimum absolute atomic E-state index is 0.114. The molecule has 0 atom stereocenters. The molecule has 1 aliphatic carbocycles. The lowest BCUT2D eigenvalue weighted by atomic mass is 10.1. The van der Waals surface area contributed by atoms with Crippen LogP contribution in [-0.2, 0) is 11.2 Å². The molecule has 4 heteroatoms. The van der Waals surface area contributed by atoms with Crippen molar-refractivity contribution in [2.24, 2.45) is 5.41 Å². The number of halogens is 1. The first-order valence-corrected chi connectivity index (χ1v) is 6.40. The van der Waals surface area contributed by atoms with Gasteiger partial charge in [0.05, 0.1) is 6.07 Å². The second-order valence-electron chi connectivity index (χ2n) is 4.33. The molecule has 3 nitrogen and oxygen atoms in total. The fraction of sp³-hybridized carbons (Fsp3) is 0.385. The molecule has 0 spiro atoms. The smallest absolute Gasteiger partial charge is 0.240 e. The summed E-state index contributed by atoms with van der Waals surface area (Å²) in [5.74, 6) is -0.114. The van der Waals surface area contributed by atoms with Gasteiger partial charge in [0.15, 0.2) is 0 Å². The van der Waals surface area contributed by atoms with Crippen molar-refractivity contribution in [3.63, 3.8) is 0 Å². The van der Waals surface area contributed by atoms with Gasteiger partial charge >= 0.3 is 0 Å². The monoisotopic (exact) mass is 292 g/mol. The van der Waals surface area contributed by atoms with Crippen LogP contribution in [0, 0.1) is 16.7 Å². The van der Waals surface area contributed by atoms with Gasteiger partial charge in [-0.1, -0.05) is 28.1 Å². The van der Waals surface area contributed by atoms with Crippen LogP contribution < -0.4 is 5.32 Å². The molecule has 17 heavy (non-hydrogen) atoms. The molecule has 1 aromatic rings. The molecule has 0 unspecified atom stereocenters. The van der Waals surface area contributed by atoms with Crippen LogP contribution in [0.1, 0.15) is 18.4 Å². The topological polar surface area (TPSA) is 52.9 Å². The van der Waals surface area contributed by atoms with E-state index in [4.69, 9.17) is 5.26 Å². The van der Waals surface area contributed by atoms with Gasteiger partial charge in [0.2, 0.25) is 5.91 Å². The highest BCUT2D eigenvalue weighted by Gasteiger charge is 2.50. The number of nitrogens with one attached hydrogen (secondary N) is 1. The second-order valence-corrected chi connectivity index (χ2v) is 5.24. The summed E-state index contributed by atoms with van der Waals surface area (Å²) in [6.45, 7) is 0.587. The lowest BCUT2D eigenvalue weighted by Crippen LogP contribution is -2.32. The van der Waals surface area contributed by atoms with E-state index >= 15 is 0 Å². The summed E-state index contributed by atoms with van der Waals surface area (Å²) >= 11 is 3.37. The van der Waals surface area contributed by atoms with Gasteiger partial charge in [-0.25, -0.2) is 0 Å². The molecule has 0 bridgehead atoms. The second kappa shape index (κ2) is 4.89. The summed E-state index contributed by atoms with van der Waals surface area (Å²) in [5.41, 5.74) is 0.468. The van der Waals surface area contributed by atoms with Crippen molar-refractivity contribution in [1.29, 1.82) is 5.26 Å². The van der Waals surface area contributed by atoms with Crippen molar-refractivity contribution in [2.75, 3.05) is 6.54 Å². The molecule has 0 aliphatic heterocycles. The predicted octanol–water partition coefficient (Wildman–Crippen LogP) is 2.41. The molecular weight excluding hydrogens is 280 g/mol. The van der Waals surface area contributed by atoms with Crippen LogP contribution in [0.25, 0.3) is 0 Å². The molecule has 2 rings (SSSR count). The molecule has 1 aromatic carbocycles. The van der Waals surface area contributed by atoms with Crippen molar-refractivity contribution >= 4 is 21.8 Å². The largest absolute Gasteiger partial charge is 0.354 e. The maximum atomic E-state index is 11.7. The predicted molar refractivity (Wildman–Crippen MR) is 68.1 cm³/mol. The lowest BCUT2D eigenvalue weighted by molar-refractivity contribution is -0.124. The number of rotatable bonds is 4. The van der Waals surface area contributed by atoms with Crippen molar-refractivity contribution in [3.8, 4) is 6.07 Å². The van der Waals surface area contributed by atoms with E-state index in [1.54, 1.807) is 0 Å². The van der Waals surface area contributed by atoms with E-state index in [1.165, 1.54) is 5.56 Å². The maximum absolute atomic E-state index is 11.7. The van der Waals surface area contributed by atoms with Gasteiger partial charge < -0.3 is 5.32 Å². The minimum Gasteiger partial charge on any atom is -0.354 e. The SMILES string of the molecule is N#CC1(C(=O)NCCc2ccc(Br)cc2)CC1. The van der Waals surface area contributed by atoms with Crippen molar-refractivity contribution < 1.29 is 4.79 Å². The third kappa shape index (κ3) is 2.86. The Balaban J connectivity index is 1.79. The maximum Gasteiger partial charge on any atom is 0.240 e.